The molecule has 0 aliphatic carbocycles. The molecule has 98 valence electrons. The highest BCUT2D eigenvalue weighted by Crippen LogP contribution is 2.20. The first kappa shape index (κ1) is 12.8. The molecule has 2 rings (SSSR count). The zero-order valence-corrected chi connectivity index (χ0v) is 9.98. The van der Waals surface area contributed by atoms with Gasteiger partial charge < -0.3 is 10.1 Å². The second-order valence-electron chi connectivity index (χ2n) is 3.21. The third-order valence-electron chi connectivity index (χ3n) is 1.97. The summed E-state index contributed by atoms with van der Waals surface area (Å²) in [6.07, 6.45) is 0. The summed E-state index contributed by atoms with van der Waals surface area (Å²) in [5.74, 6) is -1.40. The molecule has 2 aromatic rings. The highest BCUT2D eigenvalue weighted by molar-refractivity contribution is 7.18. The van der Waals surface area contributed by atoms with Crippen LogP contribution in [0.4, 0.5) is 14.7 Å². The van der Waals surface area contributed by atoms with Crippen LogP contribution in [-0.2, 0) is 0 Å². The van der Waals surface area contributed by atoms with E-state index in [1.165, 1.54) is 18.2 Å². The lowest BCUT2D eigenvalue weighted by Gasteiger charge is -2.04. The molecular formula is C9H6FN5O3S. The van der Waals surface area contributed by atoms with E-state index >= 15 is 0 Å². The standard InChI is InChI=1S/C9H6FN5O3S/c10-6-4-2-1-3-5(6)7(16)11-12-8-13-14-9(19-8)15(17)18/h1-4H,(H,11,16)(H,12,13). The zero-order chi connectivity index (χ0) is 13.8. The van der Waals surface area contributed by atoms with Crippen molar-refractivity contribution in [1.82, 2.24) is 15.6 Å². The minimum absolute atomic E-state index is 0.0244. The van der Waals surface area contributed by atoms with E-state index in [2.05, 4.69) is 21.0 Å². The predicted octanol–water partition coefficient (Wildman–Crippen LogP) is 1.34. The number of anilines is 1. The average molecular weight is 283 g/mol. The maximum Gasteiger partial charge on any atom is 0.452 e. The molecule has 0 atom stereocenters. The largest absolute Gasteiger partial charge is 0.452 e. The highest BCUT2D eigenvalue weighted by atomic mass is 32.1. The zero-order valence-electron chi connectivity index (χ0n) is 9.16. The molecule has 1 heterocycles. The van der Waals surface area contributed by atoms with Gasteiger partial charge in [-0.15, -0.1) is 0 Å². The van der Waals surface area contributed by atoms with E-state index in [1.54, 1.807) is 0 Å². The van der Waals surface area contributed by atoms with E-state index in [4.69, 9.17) is 0 Å². The molecule has 0 spiro atoms. The molecular weight excluding hydrogens is 277 g/mol. The summed E-state index contributed by atoms with van der Waals surface area (Å²) >= 11 is 0.641. The Balaban J connectivity index is 2.00. The van der Waals surface area contributed by atoms with Gasteiger partial charge in [0.25, 0.3) is 11.0 Å². The molecule has 0 aliphatic heterocycles. The number of hydrogen-bond acceptors (Lipinski definition) is 7. The fourth-order valence-electron chi connectivity index (χ4n) is 1.16. The smallest absolute Gasteiger partial charge is 0.357 e. The number of hydrogen-bond donors (Lipinski definition) is 2. The van der Waals surface area contributed by atoms with Crippen LogP contribution < -0.4 is 10.9 Å². The molecule has 1 aromatic heterocycles. The van der Waals surface area contributed by atoms with Crippen molar-refractivity contribution < 1.29 is 14.1 Å². The van der Waals surface area contributed by atoms with E-state index in [1.807, 2.05) is 0 Å². The van der Waals surface area contributed by atoms with Crippen molar-refractivity contribution in [3.8, 4) is 0 Å². The topological polar surface area (TPSA) is 110 Å². The van der Waals surface area contributed by atoms with Crippen molar-refractivity contribution in [2.45, 2.75) is 0 Å². The Labute approximate surface area is 109 Å². The number of amides is 1. The molecule has 0 unspecified atom stereocenters. The Hall–Kier alpha value is -2.62. The number of nitrogens with one attached hydrogen (secondary N) is 2. The SMILES string of the molecule is O=C(NNc1nnc([N+](=O)[O-])s1)c1ccccc1F. The number of benzene rings is 1. The molecule has 1 amide bonds. The van der Waals surface area contributed by atoms with Crippen LogP contribution in [0.5, 0.6) is 0 Å². The normalized spacial score (nSPS) is 9.95. The molecule has 0 aliphatic rings. The molecule has 8 nitrogen and oxygen atoms in total. The molecule has 0 radical (unpaired) electrons. The molecule has 1 aromatic carbocycles. The minimum atomic E-state index is -0.726. The third kappa shape index (κ3) is 2.98. The van der Waals surface area contributed by atoms with Crippen molar-refractivity contribution in [3.63, 3.8) is 0 Å². The molecule has 10 heteroatoms. The number of aromatic nitrogens is 2. The summed E-state index contributed by atoms with van der Waals surface area (Å²) in [6, 6.07) is 5.40. The Morgan fingerprint density at radius 2 is 2.11 bits per heavy atom. The Kier molecular flexibility index (Phi) is 3.61. The van der Waals surface area contributed by atoms with Crippen LogP contribution in [0.2, 0.25) is 0 Å². The monoisotopic (exact) mass is 283 g/mol. The van der Waals surface area contributed by atoms with Crippen LogP contribution in [0.1, 0.15) is 10.4 Å². The van der Waals surface area contributed by atoms with E-state index in [-0.39, 0.29) is 10.7 Å². The molecule has 2 N–H and O–H groups in total. The van der Waals surface area contributed by atoms with Gasteiger partial charge in [0.15, 0.2) is 0 Å². The number of rotatable bonds is 4. The lowest BCUT2D eigenvalue weighted by atomic mass is 10.2. The van der Waals surface area contributed by atoms with Crippen molar-refractivity contribution in [1.29, 1.82) is 0 Å². The van der Waals surface area contributed by atoms with Gasteiger partial charge in [0, 0.05) is 11.3 Å². The fraction of sp³-hybridized carbons (Fsp3) is 0. The summed E-state index contributed by atoms with van der Waals surface area (Å²) < 4.78 is 13.3. The van der Waals surface area contributed by atoms with E-state index in [0.29, 0.717) is 11.3 Å². The maximum atomic E-state index is 13.3. The lowest BCUT2D eigenvalue weighted by Crippen LogP contribution is -2.29. The van der Waals surface area contributed by atoms with Gasteiger partial charge in [0.2, 0.25) is 0 Å². The average Bonchev–Trinajstić information content (AvgIpc) is 2.85. The lowest BCUT2D eigenvalue weighted by molar-refractivity contribution is -0.385. The van der Waals surface area contributed by atoms with Gasteiger partial charge >= 0.3 is 5.13 Å². The van der Waals surface area contributed by atoms with Crippen LogP contribution in [0.3, 0.4) is 0 Å². The molecule has 0 saturated heterocycles. The number of carbonyl (C=O) groups is 1. The summed E-state index contributed by atoms with van der Waals surface area (Å²) in [4.78, 5) is 21.2. The predicted molar refractivity (Wildman–Crippen MR) is 64.1 cm³/mol. The Morgan fingerprint density at radius 3 is 2.74 bits per heavy atom. The first-order chi connectivity index (χ1) is 9.08. The van der Waals surface area contributed by atoms with E-state index in [0.717, 1.165) is 6.07 Å². The number of halogens is 1. The Morgan fingerprint density at radius 1 is 1.37 bits per heavy atom. The highest BCUT2D eigenvalue weighted by Gasteiger charge is 2.16. The number of nitro groups is 1. The first-order valence-electron chi connectivity index (χ1n) is 4.86. The van der Waals surface area contributed by atoms with Crippen molar-refractivity contribution in [2.75, 3.05) is 5.43 Å². The van der Waals surface area contributed by atoms with Crippen LogP contribution in [0.15, 0.2) is 24.3 Å². The summed E-state index contributed by atoms with van der Waals surface area (Å²) in [5, 5.41) is 16.7. The summed E-state index contributed by atoms with van der Waals surface area (Å²) in [7, 11) is 0. The number of hydrazine groups is 1. The van der Waals surface area contributed by atoms with E-state index in [9.17, 15) is 19.3 Å². The summed E-state index contributed by atoms with van der Waals surface area (Å²) in [6.45, 7) is 0. The van der Waals surface area contributed by atoms with Gasteiger partial charge in [-0.25, -0.2) is 4.39 Å². The second-order valence-corrected chi connectivity index (χ2v) is 4.16. The van der Waals surface area contributed by atoms with Gasteiger partial charge in [-0.3, -0.25) is 15.6 Å². The molecule has 0 fully saturated rings. The maximum absolute atomic E-state index is 13.3. The second kappa shape index (κ2) is 5.35. The van der Waals surface area contributed by atoms with Gasteiger partial charge in [0.05, 0.1) is 10.7 Å². The summed E-state index contributed by atoms with van der Waals surface area (Å²) in [5.41, 5.74) is 4.33. The molecule has 19 heavy (non-hydrogen) atoms. The number of carbonyl (C=O) groups excluding carboxylic acids is 1. The van der Waals surface area contributed by atoms with Gasteiger partial charge in [-0.2, -0.15) is 0 Å². The van der Waals surface area contributed by atoms with Crippen LogP contribution >= 0.6 is 11.3 Å². The minimum Gasteiger partial charge on any atom is -0.357 e. The molecule has 0 saturated carbocycles. The number of nitrogens with zero attached hydrogens (tertiary/aromatic N) is 3. The van der Waals surface area contributed by atoms with Crippen LogP contribution in [0, 0.1) is 15.9 Å². The third-order valence-corrected chi connectivity index (χ3v) is 2.76. The van der Waals surface area contributed by atoms with E-state index < -0.39 is 21.8 Å². The van der Waals surface area contributed by atoms with Crippen molar-refractivity contribution >= 4 is 27.5 Å². The Bertz CT molecular complexity index is 632. The fourth-order valence-corrected chi connectivity index (χ4v) is 1.68. The first-order valence-corrected chi connectivity index (χ1v) is 5.68. The van der Waals surface area contributed by atoms with Gasteiger partial charge in [0.1, 0.15) is 5.82 Å². The van der Waals surface area contributed by atoms with Gasteiger partial charge in [-0.1, -0.05) is 12.1 Å². The van der Waals surface area contributed by atoms with Crippen molar-refractivity contribution in [3.05, 3.63) is 45.8 Å². The quantitative estimate of drug-likeness (QED) is 0.647. The van der Waals surface area contributed by atoms with Crippen molar-refractivity contribution in [2.24, 2.45) is 0 Å². The van der Waals surface area contributed by atoms with Crippen LogP contribution in [-0.4, -0.2) is 21.0 Å². The van der Waals surface area contributed by atoms with Gasteiger partial charge in [-0.05, 0) is 22.2 Å². The molecule has 0 bridgehead atoms. The van der Waals surface area contributed by atoms with Crippen LogP contribution in [0.25, 0.3) is 0 Å².